The van der Waals surface area contributed by atoms with Crippen molar-refractivity contribution >= 4 is 28.6 Å². The van der Waals surface area contributed by atoms with Crippen LogP contribution in [0.25, 0.3) is 11.0 Å². The molecule has 1 aliphatic rings. The van der Waals surface area contributed by atoms with E-state index in [9.17, 15) is 9.90 Å². The fourth-order valence-electron chi connectivity index (χ4n) is 2.37. The smallest absolute Gasteiger partial charge is 0.227 e. The molecule has 1 fully saturated rings. The number of amides is 1. The quantitative estimate of drug-likeness (QED) is 0.799. The summed E-state index contributed by atoms with van der Waals surface area (Å²) >= 11 is 0. The molecule has 0 radical (unpaired) electrons. The predicted octanol–water partition coefficient (Wildman–Crippen LogP) is 1.74. The van der Waals surface area contributed by atoms with Gasteiger partial charge in [0, 0.05) is 11.6 Å². The molecule has 3 rings (SSSR count). The van der Waals surface area contributed by atoms with Crippen LogP contribution in [0.15, 0.2) is 18.2 Å². The van der Waals surface area contributed by atoms with Gasteiger partial charge in [0.2, 0.25) is 11.9 Å². The second kappa shape index (κ2) is 4.73. The minimum absolute atomic E-state index is 0.0678. The summed E-state index contributed by atoms with van der Waals surface area (Å²) in [6.07, 6.45) is 1.95. The summed E-state index contributed by atoms with van der Waals surface area (Å²) in [6.45, 7) is 3.81. The number of anilines is 2. The van der Waals surface area contributed by atoms with E-state index >= 15 is 0 Å². The van der Waals surface area contributed by atoms with Crippen molar-refractivity contribution in [1.29, 1.82) is 0 Å². The molecule has 0 bridgehead atoms. The Bertz CT molecular complexity index is 695. The Hall–Kier alpha value is -2.08. The molecule has 0 aliphatic heterocycles. The number of carbonyl (C=O) groups excluding carboxylic acids is 1. The largest absolute Gasteiger partial charge is 0.389 e. The number of aromatic nitrogens is 2. The van der Waals surface area contributed by atoms with Gasteiger partial charge in [0.05, 0.1) is 23.2 Å². The standard InChI is InChI=1S/C15H20N4O2/c1-15(2,21)8-19-12-6-5-10(7-11(12)18-14(19)16)17-13(20)9-3-4-9/h5-7,9,21H,3-4,8H2,1-2H3,(H2,16,18)(H,17,20). The third-order valence-corrected chi connectivity index (χ3v) is 3.54. The summed E-state index contributed by atoms with van der Waals surface area (Å²) in [5.74, 6) is 0.592. The molecule has 1 aromatic carbocycles. The van der Waals surface area contributed by atoms with E-state index in [1.165, 1.54) is 0 Å². The summed E-state index contributed by atoms with van der Waals surface area (Å²) in [4.78, 5) is 16.1. The van der Waals surface area contributed by atoms with Gasteiger partial charge in [-0.3, -0.25) is 4.79 Å². The number of nitrogens with two attached hydrogens (primary N) is 1. The van der Waals surface area contributed by atoms with Crippen molar-refractivity contribution in [2.24, 2.45) is 5.92 Å². The molecule has 0 unspecified atom stereocenters. The SMILES string of the molecule is CC(C)(O)Cn1c(N)nc2cc(NC(=O)C3CC3)ccc21. The third kappa shape index (κ3) is 3.00. The van der Waals surface area contributed by atoms with Gasteiger partial charge in [-0.2, -0.15) is 0 Å². The second-order valence-corrected chi connectivity index (χ2v) is 6.34. The number of nitrogens with one attached hydrogen (secondary N) is 1. The molecule has 2 aromatic rings. The lowest BCUT2D eigenvalue weighted by atomic mass is 10.1. The van der Waals surface area contributed by atoms with Gasteiger partial charge >= 0.3 is 0 Å². The topological polar surface area (TPSA) is 93.2 Å². The third-order valence-electron chi connectivity index (χ3n) is 3.54. The zero-order valence-corrected chi connectivity index (χ0v) is 12.3. The van der Waals surface area contributed by atoms with Crippen LogP contribution in [0.1, 0.15) is 26.7 Å². The zero-order valence-electron chi connectivity index (χ0n) is 12.3. The van der Waals surface area contributed by atoms with Crippen molar-refractivity contribution in [1.82, 2.24) is 9.55 Å². The number of rotatable bonds is 4. The van der Waals surface area contributed by atoms with Crippen molar-refractivity contribution in [3.63, 3.8) is 0 Å². The van der Waals surface area contributed by atoms with Gasteiger partial charge in [-0.05, 0) is 44.9 Å². The van der Waals surface area contributed by atoms with Crippen LogP contribution in [0.5, 0.6) is 0 Å². The average molecular weight is 288 g/mol. The molecule has 4 N–H and O–H groups in total. The minimum atomic E-state index is -0.874. The maximum atomic E-state index is 11.8. The first kappa shape index (κ1) is 13.9. The number of nitrogen functional groups attached to an aromatic ring is 1. The molecule has 21 heavy (non-hydrogen) atoms. The Labute approximate surface area is 123 Å². The van der Waals surface area contributed by atoms with Crippen molar-refractivity contribution in [3.8, 4) is 0 Å². The Kier molecular flexibility index (Phi) is 3.13. The molecule has 1 aromatic heterocycles. The van der Waals surface area contributed by atoms with Crippen LogP contribution in [-0.4, -0.2) is 26.2 Å². The molecule has 0 atom stereocenters. The number of hydrogen-bond donors (Lipinski definition) is 3. The maximum Gasteiger partial charge on any atom is 0.227 e. The number of carbonyl (C=O) groups is 1. The molecule has 112 valence electrons. The summed E-state index contributed by atoms with van der Waals surface area (Å²) in [5.41, 5.74) is 7.34. The van der Waals surface area contributed by atoms with Crippen LogP contribution < -0.4 is 11.1 Å². The molecule has 1 amide bonds. The van der Waals surface area contributed by atoms with Crippen LogP contribution in [0.3, 0.4) is 0 Å². The lowest BCUT2D eigenvalue weighted by Gasteiger charge is -2.19. The van der Waals surface area contributed by atoms with Crippen molar-refractivity contribution in [3.05, 3.63) is 18.2 Å². The number of imidazole rings is 1. The van der Waals surface area contributed by atoms with Crippen molar-refractivity contribution in [2.45, 2.75) is 38.8 Å². The fraction of sp³-hybridized carbons (Fsp3) is 0.467. The lowest BCUT2D eigenvalue weighted by molar-refractivity contribution is -0.117. The highest BCUT2D eigenvalue weighted by atomic mass is 16.3. The normalized spacial score (nSPS) is 15.4. The van der Waals surface area contributed by atoms with Gasteiger partial charge < -0.3 is 20.7 Å². The highest BCUT2D eigenvalue weighted by Crippen LogP contribution is 2.31. The van der Waals surface area contributed by atoms with Crippen LogP contribution in [-0.2, 0) is 11.3 Å². The number of fused-ring (bicyclic) bond motifs is 1. The van der Waals surface area contributed by atoms with E-state index in [0.717, 1.165) is 24.0 Å². The molecule has 1 saturated carbocycles. The van der Waals surface area contributed by atoms with E-state index in [1.54, 1.807) is 18.4 Å². The second-order valence-electron chi connectivity index (χ2n) is 6.34. The summed E-state index contributed by atoms with van der Waals surface area (Å²) in [7, 11) is 0. The van der Waals surface area contributed by atoms with Gasteiger partial charge in [-0.1, -0.05) is 0 Å². The average Bonchev–Trinajstić information content (AvgIpc) is 3.16. The number of nitrogens with zero attached hydrogens (tertiary/aromatic N) is 2. The van der Waals surface area contributed by atoms with Gasteiger partial charge in [-0.15, -0.1) is 0 Å². The molecule has 0 saturated heterocycles. The van der Waals surface area contributed by atoms with E-state index < -0.39 is 5.60 Å². The Morgan fingerprint density at radius 3 is 2.86 bits per heavy atom. The highest BCUT2D eigenvalue weighted by Gasteiger charge is 2.29. The van der Waals surface area contributed by atoms with E-state index in [-0.39, 0.29) is 11.8 Å². The molecule has 6 heteroatoms. The molecular formula is C15H20N4O2. The van der Waals surface area contributed by atoms with Crippen LogP contribution in [0.4, 0.5) is 11.6 Å². The minimum Gasteiger partial charge on any atom is -0.389 e. The van der Waals surface area contributed by atoms with E-state index in [1.807, 2.05) is 18.2 Å². The Morgan fingerprint density at radius 2 is 2.24 bits per heavy atom. The molecule has 6 nitrogen and oxygen atoms in total. The number of benzene rings is 1. The monoisotopic (exact) mass is 288 g/mol. The number of hydrogen-bond acceptors (Lipinski definition) is 4. The van der Waals surface area contributed by atoms with Crippen LogP contribution in [0, 0.1) is 5.92 Å². The maximum absolute atomic E-state index is 11.8. The fourth-order valence-corrected chi connectivity index (χ4v) is 2.37. The predicted molar refractivity (Wildman–Crippen MR) is 81.8 cm³/mol. The van der Waals surface area contributed by atoms with Gasteiger partial charge in [0.25, 0.3) is 0 Å². The van der Waals surface area contributed by atoms with Crippen LogP contribution in [0.2, 0.25) is 0 Å². The molecule has 0 spiro atoms. The Morgan fingerprint density at radius 1 is 1.52 bits per heavy atom. The van der Waals surface area contributed by atoms with E-state index in [4.69, 9.17) is 5.73 Å². The molecule has 1 aliphatic carbocycles. The first-order chi connectivity index (χ1) is 9.83. The van der Waals surface area contributed by atoms with Crippen molar-refractivity contribution in [2.75, 3.05) is 11.1 Å². The van der Waals surface area contributed by atoms with Crippen molar-refractivity contribution < 1.29 is 9.90 Å². The summed E-state index contributed by atoms with van der Waals surface area (Å²) < 4.78 is 1.78. The Balaban J connectivity index is 1.90. The van der Waals surface area contributed by atoms with Gasteiger partial charge in [0.1, 0.15) is 0 Å². The zero-order chi connectivity index (χ0) is 15.2. The lowest BCUT2D eigenvalue weighted by Crippen LogP contribution is -2.26. The first-order valence-electron chi connectivity index (χ1n) is 7.12. The molecular weight excluding hydrogens is 268 g/mol. The molecule has 1 heterocycles. The van der Waals surface area contributed by atoms with E-state index in [2.05, 4.69) is 10.3 Å². The van der Waals surface area contributed by atoms with E-state index in [0.29, 0.717) is 18.0 Å². The number of aliphatic hydroxyl groups is 1. The highest BCUT2D eigenvalue weighted by molar-refractivity contribution is 5.96. The summed E-state index contributed by atoms with van der Waals surface area (Å²) in [5, 5.41) is 12.8. The van der Waals surface area contributed by atoms with Crippen LogP contribution >= 0.6 is 0 Å². The first-order valence-corrected chi connectivity index (χ1v) is 7.12. The van der Waals surface area contributed by atoms with Gasteiger partial charge in [-0.25, -0.2) is 4.98 Å². The summed E-state index contributed by atoms with van der Waals surface area (Å²) in [6, 6.07) is 5.52. The van der Waals surface area contributed by atoms with Gasteiger partial charge in [0.15, 0.2) is 0 Å².